The monoisotopic (exact) mass is 310 g/mol. The Hall–Kier alpha value is -2.36. The van der Waals surface area contributed by atoms with E-state index in [-0.39, 0.29) is 17.9 Å². The normalized spacial score (nSPS) is 14.5. The summed E-state index contributed by atoms with van der Waals surface area (Å²) in [5, 5.41) is 3.63. The number of para-hydroxylation sites is 1. The van der Waals surface area contributed by atoms with Crippen molar-refractivity contribution in [2.75, 3.05) is 6.54 Å². The lowest BCUT2D eigenvalue weighted by atomic mass is 9.97. The second-order valence-corrected chi connectivity index (χ2v) is 6.03. The Bertz CT molecular complexity index is 789. The number of aromatic nitrogens is 1. The minimum atomic E-state index is -0.0183. The van der Waals surface area contributed by atoms with Crippen LogP contribution in [0.3, 0.4) is 0 Å². The Balaban J connectivity index is 1.61. The zero-order valence-electron chi connectivity index (χ0n) is 13.3. The van der Waals surface area contributed by atoms with Crippen molar-refractivity contribution in [2.24, 2.45) is 0 Å². The lowest BCUT2D eigenvalue weighted by Gasteiger charge is -2.14. The lowest BCUT2D eigenvalue weighted by Crippen LogP contribution is -2.29. The van der Waals surface area contributed by atoms with E-state index in [4.69, 9.17) is 0 Å². The highest BCUT2D eigenvalue weighted by molar-refractivity contribution is 5.82. The quantitative estimate of drug-likeness (QED) is 0.863. The van der Waals surface area contributed by atoms with Gasteiger partial charge in [-0.1, -0.05) is 23.8 Å². The van der Waals surface area contributed by atoms with Gasteiger partial charge in [0.05, 0.1) is 5.52 Å². The van der Waals surface area contributed by atoms with Gasteiger partial charge >= 0.3 is 0 Å². The van der Waals surface area contributed by atoms with Crippen LogP contribution in [0.2, 0.25) is 0 Å². The van der Waals surface area contributed by atoms with Crippen LogP contribution in [-0.2, 0) is 11.3 Å². The van der Waals surface area contributed by atoms with Crippen molar-refractivity contribution in [3.63, 3.8) is 0 Å². The van der Waals surface area contributed by atoms with E-state index in [1.54, 1.807) is 12.3 Å². The first-order valence-corrected chi connectivity index (χ1v) is 8.27. The minimum absolute atomic E-state index is 0.0125. The molecular weight excluding hydrogens is 288 g/mol. The number of carbonyl (C=O) groups is 1. The fraction of sp³-hybridized carbons (Fsp3) is 0.368. The summed E-state index contributed by atoms with van der Waals surface area (Å²) in [4.78, 5) is 24.0. The van der Waals surface area contributed by atoms with Crippen LogP contribution >= 0.6 is 0 Å². The van der Waals surface area contributed by atoms with Crippen molar-refractivity contribution in [2.45, 2.75) is 38.6 Å². The van der Waals surface area contributed by atoms with Crippen molar-refractivity contribution >= 4 is 16.8 Å². The van der Waals surface area contributed by atoms with Crippen LogP contribution in [0, 0.1) is 0 Å². The molecule has 0 saturated heterocycles. The minimum Gasteiger partial charge on any atom is -0.354 e. The zero-order chi connectivity index (χ0) is 16.1. The summed E-state index contributed by atoms with van der Waals surface area (Å²) >= 11 is 0. The van der Waals surface area contributed by atoms with Crippen molar-refractivity contribution in [3.8, 4) is 0 Å². The number of pyridine rings is 1. The third kappa shape index (κ3) is 3.89. The summed E-state index contributed by atoms with van der Waals surface area (Å²) < 4.78 is 1.83. The van der Waals surface area contributed by atoms with Crippen molar-refractivity contribution in [3.05, 3.63) is 58.4 Å². The molecule has 1 aromatic carbocycles. The number of carbonyl (C=O) groups excluding carboxylic acids is 1. The average Bonchev–Trinajstić information content (AvgIpc) is 2.59. The highest BCUT2D eigenvalue weighted by atomic mass is 16.2. The first-order chi connectivity index (χ1) is 11.2. The predicted octanol–water partition coefficient (Wildman–Crippen LogP) is 3.01. The van der Waals surface area contributed by atoms with Gasteiger partial charge < -0.3 is 9.88 Å². The number of amides is 1. The molecule has 1 aliphatic rings. The van der Waals surface area contributed by atoms with Gasteiger partial charge in [-0.2, -0.15) is 0 Å². The maximum atomic E-state index is 12.2. The van der Waals surface area contributed by atoms with Gasteiger partial charge in [0, 0.05) is 24.2 Å². The molecule has 4 heteroatoms. The van der Waals surface area contributed by atoms with E-state index >= 15 is 0 Å². The van der Waals surface area contributed by atoms with Gasteiger partial charge in [-0.3, -0.25) is 9.59 Å². The maximum Gasteiger partial charge on any atom is 0.239 e. The van der Waals surface area contributed by atoms with E-state index in [1.165, 1.54) is 37.3 Å². The second kappa shape index (κ2) is 7.27. The van der Waals surface area contributed by atoms with Crippen LogP contribution in [0.4, 0.5) is 0 Å². The lowest BCUT2D eigenvalue weighted by molar-refractivity contribution is -0.121. The topological polar surface area (TPSA) is 51.1 Å². The molecule has 23 heavy (non-hydrogen) atoms. The molecule has 0 bridgehead atoms. The molecule has 0 radical (unpaired) electrons. The van der Waals surface area contributed by atoms with E-state index in [1.807, 2.05) is 22.8 Å². The van der Waals surface area contributed by atoms with Gasteiger partial charge in [0.15, 0.2) is 5.43 Å². The Labute approximate surface area is 135 Å². The smallest absolute Gasteiger partial charge is 0.239 e. The summed E-state index contributed by atoms with van der Waals surface area (Å²) in [6.45, 7) is 0.919. The number of rotatable bonds is 5. The number of nitrogens with zero attached hydrogens (tertiary/aromatic N) is 1. The predicted molar refractivity (Wildman–Crippen MR) is 92.4 cm³/mol. The molecular formula is C19H22N2O2. The molecule has 0 unspecified atom stereocenters. The number of nitrogens with one attached hydrogen (secondary N) is 1. The molecule has 1 aromatic heterocycles. The molecule has 1 N–H and O–H groups in total. The summed E-state index contributed by atoms with van der Waals surface area (Å²) in [5.41, 5.74) is 2.25. The summed E-state index contributed by atoms with van der Waals surface area (Å²) in [7, 11) is 0. The third-order valence-electron chi connectivity index (χ3n) is 4.35. The molecule has 3 rings (SSSR count). The fourth-order valence-corrected chi connectivity index (χ4v) is 3.10. The Morgan fingerprint density at radius 2 is 2.04 bits per heavy atom. The van der Waals surface area contributed by atoms with Gasteiger partial charge in [0.25, 0.3) is 0 Å². The molecule has 0 fully saturated rings. The van der Waals surface area contributed by atoms with Crippen LogP contribution in [0.5, 0.6) is 0 Å². The third-order valence-corrected chi connectivity index (χ3v) is 4.35. The van der Waals surface area contributed by atoms with Gasteiger partial charge in [-0.25, -0.2) is 0 Å². The van der Waals surface area contributed by atoms with E-state index in [2.05, 4.69) is 11.4 Å². The van der Waals surface area contributed by atoms with E-state index < -0.39 is 0 Å². The molecule has 4 nitrogen and oxygen atoms in total. The van der Waals surface area contributed by atoms with Crippen LogP contribution in [0.25, 0.3) is 10.9 Å². The van der Waals surface area contributed by atoms with E-state index in [0.29, 0.717) is 11.9 Å². The molecule has 120 valence electrons. The molecule has 1 heterocycles. The van der Waals surface area contributed by atoms with Crippen LogP contribution in [0.15, 0.2) is 53.0 Å². The van der Waals surface area contributed by atoms with Crippen LogP contribution < -0.4 is 10.7 Å². The SMILES string of the molecule is O=C(Cn1ccc(=O)c2ccccc21)NCCC1=CCCCC1. The molecule has 0 atom stereocenters. The van der Waals surface area contributed by atoms with Crippen LogP contribution in [-0.4, -0.2) is 17.0 Å². The Morgan fingerprint density at radius 3 is 2.87 bits per heavy atom. The molecule has 0 aliphatic heterocycles. The number of benzene rings is 1. The second-order valence-electron chi connectivity index (χ2n) is 6.03. The highest BCUT2D eigenvalue weighted by Crippen LogP contribution is 2.19. The van der Waals surface area contributed by atoms with Gasteiger partial charge in [-0.05, 0) is 44.2 Å². The highest BCUT2D eigenvalue weighted by Gasteiger charge is 2.07. The molecule has 1 amide bonds. The van der Waals surface area contributed by atoms with Crippen molar-refractivity contribution in [1.29, 1.82) is 0 Å². The maximum absolute atomic E-state index is 12.2. The van der Waals surface area contributed by atoms with E-state index in [9.17, 15) is 9.59 Å². The average molecular weight is 310 g/mol. The molecule has 0 saturated carbocycles. The largest absolute Gasteiger partial charge is 0.354 e. The standard InChI is InChI=1S/C19H22N2O2/c22-18-11-13-21(17-9-5-4-8-16(17)18)14-19(23)20-12-10-15-6-2-1-3-7-15/h4-6,8-9,11,13H,1-3,7,10,12,14H2,(H,20,23). The summed E-state index contributed by atoms with van der Waals surface area (Å²) in [6.07, 6.45) is 9.83. The first kappa shape index (κ1) is 15.5. The number of allylic oxidation sites excluding steroid dienone is 1. The Kier molecular flexibility index (Phi) is 4.91. The number of hydrogen-bond acceptors (Lipinski definition) is 2. The van der Waals surface area contributed by atoms with Crippen molar-refractivity contribution < 1.29 is 4.79 Å². The Morgan fingerprint density at radius 1 is 1.17 bits per heavy atom. The molecule has 1 aliphatic carbocycles. The molecule has 2 aromatic rings. The van der Waals surface area contributed by atoms with E-state index in [0.717, 1.165) is 11.9 Å². The summed E-state index contributed by atoms with van der Waals surface area (Å²) in [5.74, 6) is -0.0183. The zero-order valence-corrected chi connectivity index (χ0v) is 13.3. The number of hydrogen-bond donors (Lipinski definition) is 1. The van der Waals surface area contributed by atoms with Crippen molar-refractivity contribution in [1.82, 2.24) is 9.88 Å². The van der Waals surface area contributed by atoms with Gasteiger partial charge in [0.1, 0.15) is 6.54 Å². The van der Waals surface area contributed by atoms with Gasteiger partial charge in [-0.15, -0.1) is 0 Å². The first-order valence-electron chi connectivity index (χ1n) is 8.27. The molecule has 0 spiro atoms. The fourth-order valence-electron chi connectivity index (χ4n) is 3.10. The number of fused-ring (bicyclic) bond motifs is 1. The van der Waals surface area contributed by atoms with Crippen LogP contribution in [0.1, 0.15) is 32.1 Å². The summed E-state index contributed by atoms with van der Waals surface area (Å²) in [6, 6.07) is 8.90. The van der Waals surface area contributed by atoms with Gasteiger partial charge in [0.2, 0.25) is 5.91 Å².